The molecule has 9 nitrogen and oxygen atoms in total. The van der Waals surface area contributed by atoms with E-state index >= 15 is 0 Å². The monoisotopic (exact) mass is 414 g/mol. The summed E-state index contributed by atoms with van der Waals surface area (Å²) in [6.45, 7) is 11.2. The van der Waals surface area contributed by atoms with Crippen molar-refractivity contribution in [2.45, 2.75) is 47.1 Å². The predicted molar refractivity (Wildman–Crippen MR) is 110 cm³/mol. The fraction of sp³-hybridized carbons (Fsp3) is 0.429. The zero-order valence-corrected chi connectivity index (χ0v) is 18.0. The summed E-state index contributed by atoms with van der Waals surface area (Å²) < 4.78 is 16.1. The zero-order valence-electron chi connectivity index (χ0n) is 18.0. The van der Waals surface area contributed by atoms with E-state index < -0.39 is 11.7 Å². The summed E-state index contributed by atoms with van der Waals surface area (Å²) in [6.07, 6.45) is -0.536. The summed E-state index contributed by atoms with van der Waals surface area (Å²) >= 11 is 0. The number of fused-ring (bicyclic) bond motifs is 1. The number of pyridine rings is 1. The quantitative estimate of drug-likeness (QED) is 0.611. The van der Waals surface area contributed by atoms with E-state index in [-0.39, 0.29) is 24.7 Å². The number of alkyl carbamates (subject to hydrolysis) is 1. The average molecular weight is 414 g/mol. The number of hydrogen-bond acceptors (Lipinski definition) is 7. The molecule has 2 N–H and O–H groups in total. The molecular formula is C21H26N4O5. The van der Waals surface area contributed by atoms with Crippen molar-refractivity contribution in [2.24, 2.45) is 0 Å². The van der Waals surface area contributed by atoms with Gasteiger partial charge in [-0.3, -0.25) is 4.79 Å². The third-order valence-electron chi connectivity index (χ3n) is 4.26. The Morgan fingerprint density at radius 3 is 2.43 bits per heavy atom. The van der Waals surface area contributed by atoms with Gasteiger partial charge in [0.15, 0.2) is 0 Å². The maximum atomic E-state index is 12.9. The van der Waals surface area contributed by atoms with Crippen LogP contribution in [0.1, 0.15) is 48.3 Å². The summed E-state index contributed by atoms with van der Waals surface area (Å²) in [6, 6.07) is 3.56. The van der Waals surface area contributed by atoms with Gasteiger partial charge < -0.3 is 24.3 Å². The van der Waals surface area contributed by atoms with Gasteiger partial charge in [-0.15, -0.1) is 0 Å². The highest BCUT2D eigenvalue weighted by molar-refractivity contribution is 6.07. The van der Waals surface area contributed by atoms with Crippen molar-refractivity contribution in [3.63, 3.8) is 0 Å². The predicted octanol–water partition coefficient (Wildman–Crippen LogP) is 3.66. The second kappa shape index (κ2) is 8.17. The molecule has 0 atom stereocenters. The van der Waals surface area contributed by atoms with E-state index in [1.165, 1.54) is 0 Å². The third-order valence-corrected chi connectivity index (χ3v) is 4.26. The van der Waals surface area contributed by atoms with E-state index in [9.17, 15) is 9.59 Å². The molecule has 0 aliphatic carbocycles. The van der Waals surface area contributed by atoms with Gasteiger partial charge in [-0.25, -0.2) is 9.78 Å². The van der Waals surface area contributed by atoms with Gasteiger partial charge >= 0.3 is 6.09 Å². The van der Waals surface area contributed by atoms with Crippen LogP contribution in [0.4, 0.5) is 4.79 Å². The number of hydrogen-bond donors (Lipinski definition) is 2. The average Bonchev–Trinajstić information content (AvgIpc) is 3.18. The lowest BCUT2D eigenvalue weighted by Crippen LogP contribution is -2.37. The second-order valence-corrected chi connectivity index (χ2v) is 8.01. The van der Waals surface area contributed by atoms with Crippen LogP contribution in [0.5, 0.6) is 0 Å². The van der Waals surface area contributed by atoms with E-state index in [0.29, 0.717) is 28.1 Å². The number of nitrogens with zero attached hydrogens (tertiary/aromatic N) is 2. The van der Waals surface area contributed by atoms with E-state index in [2.05, 4.69) is 20.8 Å². The summed E-state index contributed by atoms with van der Waals surface area (Å²) in [5, 5.41) is 9.89. The first-order chi connectivity index (χ1) is 14.0. The molecule has 0 saturated heterocycles. The second-order valence-electron chi connectivity index (χ2n) is 8.01. The normalized spacial score (nSPS) is 11.5. The molecule has 0 fully saturated rings. The van der Waals surface area contributed by atoms with Gasteiger partial charge in [-0.2, -0.15) is 0 Å². The smallest absolute Gasteiger partial charge is 0.407 e. The minimum Gasteiger partial charge on any atom is -0.466 e. The zero-order chi connectivity index (χ0) is 22.1. The van der Waals surface area contributed by atoms with Crippen LogP contribution >= 0.6 is 0 Å². The highest BCUT2D eigenvalue weighted by atomic mass is 16.6. The molecule has 0 aliphatic heterocycles. The van der Waals surface area contributed by atoms with Gasteiger partial charge in [0.25, 0.3) is 11.6 Å². The Labute approximate surface area is 174 Å². The third kappa shape index (κ3) is 4.79. The summed E-state index contributed by atoms with van der Waals surface area (Å²) in [5.74, 6) is 1.12. The van der Waals surface area contributed by atoms with Crippen molar-refractivity contribution in [2.75, 3.05) is 13.1 Å². The van der Waals surface area contributed by atoms with E-state index in [4.69, 9.17) is 13.7 Å². The van der Waals surface area contributed by atoms with Crippen LogP contribution in [-0.2, 0) is 4.74 Å². The first-order valence-electron chi connectivity index (χ1n) is 9.64. The molecule has 3 aromatic rings. The van der Waals surface area contributed by atoms with Crippen molar-refractivity contribution in [3.05, 3.63) is 34.9 Å². The molecule has 3 heterocycles. The minimum atomic E-state index is -0.582. The van der Waals surface area contributed by atoms with E-state index in [0.717, 1.165) is 11.3 Å². The number of nitrogens with one attached hydrogen (secondary N) is 2. The summed E-state index contributed by atoms with van der Waals surface area (Å²) in [7, 11) is 0. The Kier molecular flexibility index (Phi) is 5.82. The molecule has 0 radical (unpaired) electrons. The molecule has 0 aromatic carbocycles. The maximum absolute atomic E-state index is 12.9. The molecule has 0 bridgehead atoms. The fourth-order valence-corrected chi connectivity index (χ4v) is 3.05. The van der Waals surface area contributed by atoms with Crippen LogP contribution in [0, 0.1) is 20.8 Å². The first kappa shape index (κ1) is 21.4. The number of rotatable bonds is 5. The number of carbonyl (C=O) groups is 2. The van der Waals surface area contributed by atoms with Crippen LogP contribution in [0.3, 0.4) is 0 Å². The van der Waals surface area contributed by atoms with Crippen LogP contribution in [0.25, 0.3) is 22.4 Å². The highest BCUT2D eigenvalue weighted by Crippen LogP contribution is 2.30. The van der Waals surface area contributed by atoms with Gasteiger partial charge in [-0.05, 0) is 53.7 Å². The Bertz CT molecular complexity index is 1090. The van der Waals surface area contributed by atoms with Crippen LogP contribution < -0.4 is 10.6 Å². The number of aryl methyl sites for hydroxylation is 3. The first-order valence-corrected chi connectivity index (χ1v) is 9.64. The number of ether oxygens (including phenoxy) is 1. The number of amides is 2. The number of furan rings is 1. The van der Waals surface area contributed by atoms with E-state index in [1.54, 1.807) is 33.8 Å². The number of aromatic nitrogens is 2. The summed E-state index contributed by atoms with van der Waals surface area (Å²) in [4.78, 5) is 29.1. The molecule has 0 saturated carbocycles. The topological polar surface area (TPSA) is 119 Å². The maximum Gasteiger partial charge on any atom is 0.407 e. The minimum absolute atomic E-state index is 0.227. The lowest BCUT2D eigenvalue weighted by atomic mass is 10.1. The Hall–Kier alpha value is -3.36. The largest absolute Gasteiger partial charge is 0.466 e. The molecule has 0 spiro atoms. The molecular weight excluding hydrogens is 388 g/mol. The van der Waals surface area contributed by atoms with Crippen LogP contribution in [-0.4, -0.2) is 40.8 Å². The molecule has 0 unspecified atom stereocenters. The SMILES string of the molecule is Cc1cc(-c2cc(C(=O)NCCNC(=O)OC(C)(C)C)c3c(C)noc3n2)c(C)o1. The van der Waals surface area contributed by atoms with Crippen molar-refractivity contribution < 1.29 is 23.3 Å². The summed E-state index contributed by atoms with van der Waals surface area (Å²) in [5.41, 5.74) is 2.00. The van der Waals surface area contributed by atoms with Crippen molar-refractivity contribution in [1.82, 2.24) is 20.8 Å². The van der Waals surface area contributed by atoms with Gasteiger partial charge in [-0.1, -0.05) is 5.16 Å². The molecule has 30 heavy (non-hydrogen) atoms. The Morgan fingerprint density at radius 1 is 1.10 bits per heavy atom. The van der Waals surface area contributed by atoms with Crippen LogP contribution in [0.15, 0.2) is 21.1 Å². The van der Waals surface area contributed by atoms with Gasteiger partial charge in [0, 0.05) is 18.7 Å². The van der Waals surface area contributed by atoms with Gasteiger partial charge in [0.05, 0.1) is 22.3 Å². The molecule has 3 aromatic heterocycles. The highest BCUT2D eigenvalue weighted by Gasteiger charge is 2.21. The molecule has 160 valence electrons. The lowest BCUT2D eigenvalue weighted by molar-refractivity contribution is 0.0526. The van der Waals surface area contributed by atoms with Crippen molar-refractivity contribution in [1.29, 1.82) is 0 Å². The molecule has 0 aliphatic rings. The molecule has 2 amide bonds. The fourth-order valence-electron chi connectivity index (χ4n) is 3.05. The van der Waals surface area contributed by atoms with E-state index in [1.807, 2.05) is 19.9 Å². The lowest BCUT2D eigenvalue weighted by Gasteiger charge is -2.19. The Morgan fingerprint density at radius 2 is 1.80 bits per heavy atom. The van der Waals surface area contributed by atoms with Gasteiger partial charge in [0.1, 0.15) is 17.1 Å². The van der Waals surface area contributed by atoms with Crippen molar-refractivity contribution in [3.8, 4) is 11.3 Å². The van der Waals surface area contributed by atoms with Gasteiger partial charge in [0.2, 0.25) is 0 Å². The Balaban J connectivity index is 1.77. The molecule has 9 heteroatoms. The standard InChI is InChI=1S/C21H26N4O5/c1-11-9-14(13(3)28-11)16-10-15(17-12(2)25-30-19(17)24-16)18(26)22-7-8-23-20(27)29-21(4,5)6/h9-10H,7-8H2,1-6H3,(H,22,26)(H,23,27). The van der Waals surface area contributed by atoms with Crippen molar-refractivity contribution >= 4 is 23.1 Å². The number of carbonyl (C=O) groups excluding carboxylic acids is 2. The van der Waals surface area contributed by atoms with Crippen LogP contribution in [0.2, 0.25) is 0 Å². The molecule has 3 rings (SSSR count).